The van der Waals surface area contributed by atoms with Crippen LogP contribution in [-0.2, 0) is 0 Å². The Hall–Kier alpha value is -19.8. The van der Waals surface area contributed by atoms with Crippen LogP contribution in [0.5, 0.6) is 0 Å². The second-order valence-corrected chi connectivity index (χ2v) is 37.1. The summed E-state index contributed by atoms with van der Waals surface area (Å²) in [5, 5.41) is 24.4. The minimum absolute atomic E-state index is 0.860. The van der Waals surface area contributed by atoms with E-state index >= 15 is 0 Å². The third kappa shape index (κ3) is 16.8. The van der Waals surface area contributed by atoms with Gasteiger partial charge in [-0.05, 0) is 260 Å². The van der Waals surface area contributed by atoms with Gasteiger partial charge < -0.3 is 0 Å². The van der Waals surface area contributed by atoms with Gasteiger partial charge in [0.2, 0.25) is 0 Å². The highest BCUT2D eigenvalue weighted by Crippen LogP contribution is 2.47. The maximum Gasteiger partial charge on any atom is 0.137 e. The standard InChI is InChI=1S/C49H32N4.2C44H29N3/c1-3-15-35(16-4-1)46-43-21-9-10-22-44(43)47(52-51-46)40-31-38(30-39(32-40)42-23-13-19-34-14-7-8-20-41(34)42)33-25-27-37(28-26-33)49-48(36-17-5-2-6-18-36)50-45-24-11-12-29-53(45)49;1-2-13-30(14-3-1)43-44(47-24-11-9-22-42(47)46-43)33-17-12-16-31(25-33)34-26-35(28-36(27-34)41-21-8-10-23-45-41)40-29-32-15-4-5-18-37(32)38-19-6-7-20-39(38)40;1-2-12-30(13-3-1)43-44(47-23-9-8-21-42(47)46-43)33-16-10-15-31(24-33)35-25-36(34-17-11-22-45-29-34)27-37(26-35)41-28-32-14-4-5-18-38(32)39-19-6-7-20-40(39)41/h1-32H;2*1-29H. The summed E-state index contributed by atoms with van der Waals surface area (Å²) in [6, 6.07) is 181. The van der Waals surface area contributed by atoms with E-state index in [0.29, 0.717) is 0 Å². The number of fused-ring (bicyclic) bond motifs is 11. The lowest BCUT2D eigenvalue weighted by Crippen LogP contribution is -1.96. The van der Waals surface area contributed by atoms with Crippen LogP contribution in [0.4, 0.5) is 0 Å². The fourth-order valence-corrected chi connectivity index (χ4v) is 21.3. The summed E-state index contributed by atoms with van der Waals surface area (Å²) in [6.45, 7) is 0. The molecule has 147 heavy (non-hydrogen) atoms. The van der Waals surface area contributed by atoms with E-state index in [0.717, 1.165) is 185 Å². The molecule has 0 bridgehead atoms. The Morgan fingerprint density at radius 2 is 0.483 bits per heavy atom. The average molecular weight is 1880 g/mol. The molecule has 0 aliphatic rings. The van der Waals surface area contributed by atoms with Crippen LogP contribution in [0, 0.1) is 0 Å². The number of hydrogen-bond acceptors (Lipinski definition) is 7. The Morgan fingerprint density at radius 3 is 0.966 bits per heavy atom. The van der Waals surface area contributed by atoms with Crippen molar-refractivity contribution in [2.24, 2.45) is 0 Å². The fourth-order valence-electron chi connectivity index (χ4n) is 21.3. The number of imidazole rings is 3. The lowest BCUT2D eigenvalue weighted by atomic mass is 9.89. The van der Waals surface area contributed by atoms with Crippen molar-refractivity contribution in [3.05, 3.63) is 547 Å². The third-order valence-electron chi connectivity index (χ3n) is 28.2. The molecule has 0 N–H and O–H groups in total. The van der Waals surface area contributed by atoms with Crippen LogP contribution >= 0.6 is 0 Å². The number of pyridine rings is 5. The largest absolute Gasteiger partial charge is 0.299 e. The lowest BCUT2D eigenvalue weighted by molar-refractivity contribution is 1.06. The molecule has 0 atom stereocenters. The van der Waals surface area contributed by atoms with Crippen LogP contribution in [0.25, 0.3) is 261 Å². The first-order valence-corrected chi connectivity index (χ1v) is 49.7. The highest BCUT2D eigenvalue weighted by Gasteiger charge is 2.25. The molecule has 19 aromatic carbocycles. The molecule has 28 aromatic rings. The summed E-state index contributed by atoms with van der Waals surface area (Å²) in [7, 11) is 0. The molecule has 10 nitrogen and oxygen atoms in total. The molecule has 0 aliphatic carbocycles. The molecule has 0 saturated carbocycles. The van der Waals surface area contributed by atoms with Crippen molar-refractivity contribution >= 4 is 81.6 Å². The highest BCUT2D eigenvalue weighted by molar-refractivity contribution is 6.16. The molecule has 0 spiro atoms. The molecule has 0 amide bonds. The van der Waals surface area contributed by atoms with Gasteiger partial charge in [-0.1, -0.05) is 376 Å². The molecule has 0 radical (unpaired) electrons. The van der Waals surface area contributed by atoms with E-state index in [-0.39, 0.29) is 0 Å². The first kappa shape index (κ1) is 87.4. The van der Waals surface area contributed by atoms with Gasteiger partial charge in [-0.15, -0.1) is 10.2 Å². The van der Waals surface area contributed by atoms with Crippen molar-refractivity contribution < 1.29 is 0 Å². The Kier molecular flexibility index (Phi) is 22.8. The zero-order valence-corrected chi connectivity index (χ0v) is 79.9. The van der Waals surface area contributed by atoms with Crippen LogP contribution in [-0.4, -0.2) is 48.3 Å². The van der Waals surface area contributed by atoms with Crippen molar-refractivity contribution in [2.75, 3.05) is 0 Å². The minimum atomic E-state index is 0.860. The van der Waals surface area contributed by atoms with Gasteiger partial charge >= 0.3 is 0 Å². The summed E-state index contributed by atoms with van der Waals surface area (Å²) in [6.07, 6.45) is 11.9. The molecule has 9 aromatic heterocycles. The van der Waals surface area contributed by atoms with Gasteiger partial charge in [-0.2, -0.15) is 0 Å². The molecule has 28 rings (SSSR count). The summed E-state index contributed by atoms with van der Waals surface area (Å²) < 4.78 is 6.57. The average Bonchev–Trinajstić information content (AvgIpc) is 1.67. The SMILES string of the molecule is c1ccc(-c2nc3ccccn3c2-c2ccc(-c3cc(-c4cccc5ccccc45)cc(-c4nnc(-c5ccccc5)c5ccccc45)c3)cc2)cc1.c1ccc(-c2nc3ccccn3c2-c2cccc(-c3cc(-c4ccccn4)cc(-c4cc5ccccc5c5ccccc45)c3)c2)cc1.c1ccc(-c2nc3ccccn3c2-c2cccc(-c3cc(-c4cccnc4)cc(-c4cc5ccccc5c5ccccc45)c3)c2)cc1. The second kappa shape index (κ2) is 38.3. The second-order valence-electron chi connectivity index (χ2n) is 37.1. The molecular weight excluding hydrogens is 1790 g/mol. The van der Waals surface area contributed by atoms with E-state index in [9.17, 15) is 0 Å². The molecule has 9 heterocycles. The fraction of sp³-hybridized carbons (Fsp3) is 0. The smallest absolute Gasteiger partial charge is 0.137 e. The molecule has 0 saturated heterocycles. The van der Waals surface area contributed by atoms with Gasteiger partial charge in [0.05, 0.1) is 39.9 Å². The Labute approximate surface area is 849 Å². The molecule has 0 unspecified atom stereocenters. The van der Waals surface area contributed by atoms with Crippen molar-refractivity contribution in [1.29, 1.82) is 0 Å². The summed E-state index contributed by atoms with van der Waals surface area (Å²) in [5.74, 6) is 0. The lowest BCUT2D eigenvalue weighted by Gasteiger charge is -2.15. The molecule has 688 valence electrons. The normalized spacial score (nSPS) is 11.4. The molecule has 0 fully saturated rings. The highest BCUT2D eigenvalue weighted by atomic mass is 15.1. The number of benzene rings is 19. The maximum absolute atomic E-state index is 5.08. The monoisotopic (exact) mass is 1870 g/mol. The Bertz CT molecular complexity index is 9480. The van der Waals surface area contributed by atoms with Crippen molar-refractivity contribution in [3.8, 4) is 179 Å². The van der Waals surface area contributed by atoms with Gasteiger partial charge in [0.1, 0.15) is 28.3 Å². The molecule has 10 heteroatoms. The van der Waals surface area contributed by atoms with E-state index in [4.69, 9.17) is 30.1 Å². The zero-order chi connectivity index (χ0) is 97.5. The van der Waals surface area contributed by atoms with Gasteiger partial charge in [0, 0.05) is 104 Å². The van der Waals surface area contributed by atoms with Crippen molar-refractivity contribution in [2.45, 2.75) is 0 Å². The van der Waals surface area contributed by atoms with Crippen LogP contribution in [0.3, 0.4) is 0 Å². The van der Waals surface area contributed by atoms with E-state index in [1.54, 1.807) is 0 Å². The predicted octanol–water partition coefficient (Wildman–Crippen LogP) is 35.2. The van der Waals surface area contributed by atoms with Gasteiger partial charge in [0.15, 0.2) is 0 Å². The van der Waals surface area contributed by atoms with Gasteiger partial charge in [0.25, 0.3) is 0 Å². The third-order valence-corrected chi connectivity index (χ3v) is 28.2. The topological polar surface area (TPSA) is 103 Å². The summed E-state index contributed by atoms with van der Waals surface area (Å²) in [5.41, 5.74) is 37.5. The van der Waals surface area contributed by atoms with Crippen LogP contribution in [0.1, 0.15) is 0 Å². The van der Waals surface area contributed by atoms with Crippen molar-refractivity contribution in [3.63, 3.8) is 0 Å². The summed E-state index contributed by atoms with van der Waals surface area (Å²) >= 11 is 0. The first-order valence-electron chi connectivity index (χ1n) is 49.7. The van der Waals surface area contributed by atoms with E-state index < -0.39 is 0 Å². The van der Waals surface area contributed by atoms with Gasteiger partial charge in [-0.25, -0.2) is 15.0 Å². The van der Waals surface area contributed by atoms with Gasteiger partial charge in [-0.3, -0.25) is 23.2 Å². The van der Waals surface area contributed by atoms with E-state index in [2.05, 4.69) is 480 Å². The number of nitrogens with zero attached hydrogens (tertiary/aromatic N) is 10. The maximum atomic E-state index is 5.08. The molecule has 0 aliphatic heterocycles. The van der Waals surface area contributed by atoms with Crippen LogP contribution < -0.4 is 0 Å². The number of aromatic nitrogens is 10. The summed E-state index contributed by atoms with van der Waals surface area (Å²) in [4.78, 5) is 24.4. The number of hydrogen-bond donors (Lipinski definition) is 0. The van der Waals surface area contributed by atoms with E-state index in [1.165, 1.54) is 76.1 Å². The quantitative estimate of drug-likeness (QED) is 0.0888. The predicted molar refractivity (Wildman–Crippen MR) is 609 cm³/mol. The minimum Gasteiger partial charge on any atom is -0.299 e. The Balaban J connectivity index is 0.000000112. The Morgan fingerprint density at radius 1 is 0.156 bits per heavy atom. The first-order chi connectivity index (χ1) is 72.9. The van der Waals surface area contributed by atoms with Crippen LogP contribution in [0.15, 0.2) is 547 Å². The van der Waals surface area contributed by atoms with Crippen molar-refractivity contribution in [1.82, 2.24) is 48.3 Å². The molecular formula is C137H90N10. The van der Waals surface area contributed by atoms with Crippen LogP contribution in [0.2, 0.25) is 0 Å². The number of rotatable bonds is 16. The zero-order valence-electron chi connectivity index (χ0n) is 79.9. The van der Waals surface area contributed by atoms with E-state index in [1.807, 2.05) is 85.3 Å².